The standard InChI is InChI=1S/C16H24N2OS/c1-6-11-9-12(18(5)17-11)10-13(19)14-7-8-15(20-14)16(2,3)4/h7-9,13,19H,6,10H2,1-5H3. The monoisotopic (exact) mass is 292 g/mol. The van der Waals surface area contributed by atoms with E-state index in [0.29, 0.717) is 6.42 Å². The highest BCUT2D eigenvalue weighted by molar-refractivity contribution is 7.12. The summed E-state index contributed by atoms with van der Waals surface area (Å²) < 4.78 is 1.88. The number of hydrogen-bond donors (Lipinski definition) is 1. The quantitative estimate of drug-likeness (QED) is 0.934. The molecule has 0 fully saturated rings. The number of thiophene rings is 1. The van der Waals surface area contributed by atoms with Crippen LogP contribution in [0.5, 0.6) is 0 Å². The first-order valence-corrected chi connectivity index (χ1v) is 7.93. The van der Waals surface area contributed by atoms with Gasteiger partial charge in [-0.15, -0.1) is 11.3 Å². The van der Waals surface area contributed by atoms with Crippen molar-refractivity contribution in [3.8, 4) is 0 Å². The van der Waals surface area contributed by atoms with Crippen LogP contribution in [0.25, 0.3) is 0 Å². The van der Waals surface area contributed by atoms with E-state index in [-0.39, 0.29) is 5.41 Å². The highest BCUT2D eigenvalue weighted by Crippen LogP contribution is 2.33. The van der Waals surface area contributed by atoms with Crippen LogP contribution < -0.4 is 0 Å². The molecule has 1 atom stereocenters. The summed E-state index contributed by atoms with van der Waals surface area (Å²) in [5.74, 6) is 0. The first-order chi connectivity index (χ1) is 9.31. The molecule has 0 saturated carbocycles. The van der Waals surface area contributed by atoms with Gasteiger partial charge in [-0.1, -0.05) is 27.7 Å². The maximum atomic E-state index is 10.4. The summed E-state index contributed by atoms with van der Waals surface area (Å²) >= 11 is 1.71. The van der Waals surface area contributed by atoms with Gasteiger partial charge in [-0.2, -0.15) is 5.10 Å². The van der Waals surface area contributed by atoms with Gasteiger partial charge in [0.25, 0.3) is 0 Å². The molecule has 0 radical (unpaired) electrons. The van der Waals surface area contributed by atoms with Gasteiger partial charge >= 0.3 is 0 Å². The molecule has 0 aliphatic rings. The van der Waals surface area contributed by atoms with E-state index in [4.69, 9.17) is 0 Å². The molecule has 110 valence electrons. The minimum absolute atomic E-state index is 0.143. The lowest BCUT2D eigenvalue weighted by molar-refractivity contribution is 0.179. The highest BCUT2D eigenvalue weighted by Gasteiger charge is 2.19. The number of aliphatic hydroxyl groups is 1. The average molecular weight is 292 g/mol. The number of rotatable bonds is 4. The maximum Gasteiger partial charge on any atom is 0.0937 e. The fourth-order valence-electron chi connectivity index (χ4n) is 2.17. The third-order valence-corrected chi connectivity index (χ3v) is 5.10. The van der Waals surface area contributed by atoms with Gasteiger partial charge in [0.05, 0.1) is 11.8 Å². The topological polar surface area (TPSA) is 38.0 Å². The summed E-state index contributed by atoms with van der Waals surface area (Å²) in [4.78, 5) is 2.35. The summed E-state index contributed by atoms with van der Waals surface area (Å²) in [6.07, 6.45) is 1.10. The molecule has 0 spiro atoms. The van der Waals surface area contributed by atoms with Crippen LogP contribution in [0.3, 0.4) is 0 Å². The summed E-state index contributed by atoms with van der Waals surface area (Å²) in [6.45, 7) is 8.69. The summed E-state index contributed by atoms with van der Waals surface area (Å²) in [7, 11) is 1.94. The number of aromatic nitrogens is 2. The molecule has 0 aliphatic carbocycles. The molecule has 0 aromatic carbocycles. The Balaban J connectivity index is 2.13. The molecule has 2 rings (SSSR count). The molecular weight excluding hydrogens is 268 g/mol. The molecule has 0 bridgehead atoms. The predicted octanol–water partition coefficient (Wildman–Crippen LogP) is 3.62. The van der Waals surface area contributed by atoms with Crippen LogP contribution in [0.4, 0.5) is 0 Å². The zero-order valence-electron chi connectivity index (χ0n) is 13.0. The molecule has 2 aromatic heterocycles. The zero-order valence-corrected chi connectivity index (χ0v) is 13.8. The van der Waals surface area contributed by atoms with Gasteiger partial charge in [0.15, 0.2) is 0 Å². The smallest absolute Gasteiger partial charge is 0.0937 e. The van der Waals surface area contributed by atoms with Crippen molar-refractivity contribution in [1.29, 1.82) is 0 Å². The molecule has 0 aliphatic heterocycles. The van der Waals surface area contributed by atoms with E-state index in [2.05, 4.69) is 44.9 Å². The van der Waals surface area contributed by atoms with Crippen LogP contribution in [0, 0.1) is 0 Å². The van der Waals surface area contributed by atoms with Crippen molar-refractivity contribution >= 4 is 11.3 Å². The fraction of sp³-hybridized carbons (Fsp3) is 0.562. The van der Waals surface area contributed by atoms with Crippen molar-refractivity contribution < 1.29 is 5.11 Å². The van der Waals surface area contributed by atoms with Crippen molar-refractivity contribution in [2.24, 2.45) is 7.05 Å². The van der Waals surface area contributed by atoms with Gasteiger partial charge < -0.3 is 5.11 Å². The lowest BCUT2D eigenvalue weighted by Gasteiger charge is -2.15. The molecule has 0 amide bonds. The van der Waals surface area contributed by atoms with E-state index in [1.54, 1.807) is 11.3 Å². The molecule has 4 heteroatoms. The van der Waals surface area contributed by atoms with Crippen molar-refractivity contribution in [2.75, 3.05) is 0 Å². The van der Waals surface area contributed by atoms with Crippen molar-refractivity contribution in [3.05, 3.63) is 39.3 Å². The van der Waals surface area contributed by atoms with Crippen molar-refractivity contribution in [3.63, 3.8) is 0 Å². The Labute approximate surface area is 125 Å². The van der Waals surface area contributed by atoms with Gasteiger partial charge in [0, 0.05) is 28.9 Å². The van der Waals surface area contributed by atoms with E-state index in [1.165, 1.54) is 4.88 Å². The molecule has 3 nitrogen and oxygen atoms in total. The Kier molecular flexibility index (Phi) is 4.35. The Bertz CT molecular complexity index is 578. The van der Waals surface area contributed by atoms with Gasteiger partial charge in [-0.3, -0.25) is 4.68 Å². The number of aliphatic hydroxyl groups excluding tert-OH is 1. The molecule has 1 unspecified atom stereocenters. The van der Waals surface area contributed by atoms with E-state index in [1.807, 2.05) is 17.8 Å². The summed E-state index contributed by atoms with van der Waals surface area (Å²) in [6, 6.07) is 6.26. The lowest BCUT2D eigenvalue weighted by Crippen LogP contribution is -2.08. The molecule has 0 saturated heterocycles. The van der Waals surface area contributed by atoms with Crippen LogP contribution in [0.2, 0.25) is 0 Å². The van der Waals surface area contributed by atoms with Crippen LogP contribution in [-0.4, -0.2) is 14.9 Å². The fourth-order valence-corrected chi connectivity index (χ4v) is 3.22. The first-order valence-electron chi connectivity index (χ1n) is 7.11. The minimum atomic E-state index is -0.448. The second-order valence-electron chi connectivity index (χ2n) is 6.28. The Morgan fingerprint density at radius 3 is 2.55 bits per heavy atom. The zero-order chi connectivity index (χ0) is 14.9. The third kappa shape index (κ3) is 3.30. The van der Waals surface area contributed by atoms with E-state index >= 15 is 0 Å². The van der Waals surface area contributed by atoms with Crippen molar-refractivity contribution in [1.82, 2.24) is 9.78 Å². The van der Waals surface area contributed by atoms with Crippen LogP contribution >= 0.6 is 11.3 Å². The summed E-state index contributed by atoms with van der Waals surface area (Å²) in [5, 5.41) is 14.9. The number of hydrogen-bond acceptors (Lipinski definition) is 3. The van der Waals surface area contributed by atoms with Gasteiger partial charge in [-0.05, 0) is 30.0 Å². The minimum Gasteiger partial charge on any atom is -0.387 e. The second kappa shape index (κ2) is 5.70. The normalized spacial score (nSPS) is 13.7. The van der Waals surface area contributed by atoms with E-state index in [9.17, 15) is 5.11 Å². The summed E-state index contributed by atoms with van der Waals surface area (Å²) in [5.41, 5.74) is 2.31. The molecular formula is C16H24N2OS. The highest BCUT2D eigenvalue weighted by atomic mass is 32.1. The SMILES string of the molecule is CCc1cc(CC(O)c2ccc(C(C)(C)C)s2)n(C)n1. The van der Waals surface area contributed by atoms with Gasteiger partial charge in [-0.25, -0.2) is 0 Å². The van der Waals surface area contributed by atoms with Crippen LogP contribution in [0.15, 0.2) is 18.2 Å². The predicted molar refractivity (Wildman–Crippen MR) is 84.3 cm³/mol. The third-order valence-electron chi connectivity index (χ3n) is 3.49. The molecule has 20 heavy (non-hydrogen) atoms. The lowest BCUT2D eigenvalue weighted by atomic mass is 9.95. The van der Waals surface area contributed by atoms with Gasteiger partial charge in [0.1, 0.15) is 0 Å². The molecule has 1 N–H and O–H groups in total. The Morgan fingerprint density at radius 2 is 2.05 bits per heavy atom. The Morgan fingerprint density at radius 1 is 1.35 bits per heavy atom. The first kappa shape index (κ1) is 15.3. The van der Waals surface area contributed by atoms with Gasteiger partial charge in [0.2, 0.25) is 0 Å². The van der Waals surface area contributed by atoms with Crippen LogP contribution in [-0.2, 0) is 25.3 Å². The average Bonchev–Trinajstić information content (AvgIpc) is 2.96. The van der Waals surface area contributed by atoms with E-state index < -0.39 is 6.10 Å². The second-order valence-corrected chi connectivity index (χ2v) is 7.39. The van der Waals surface area contributed by atoms with Crippen LogP contribution in [0.1, 0.15) is 54.9 Å². The van der Waals surface area contributed by atoms with E-state index in [0.717, 1.165) is 22.7 Å². The van der Waals surface area contributed by atoms with Crippen molar-refractivity contribution in [2.45, 2.75) is 52.1 Å². The maximum absolute atomic E-state index is 10.4. The largest absolute Gasteiger partial charge is 0.387 e. The molecule has 2 heterocycles. The number of nitrogens with zero attached hydrogens (tertiary/aromatic N) is 2. The Hall–Kier alpha value is -1.13. The molecule has 2 aromatic rings. The number of aryl methyl sites for hydroxylation is 2.